The zero-order valence-corrected chi connectivity index (χ0v) is 18.9. The van der Waals surface area contributed by atoms with Gasteiger partial charge in [0.2, 0.25) is 5.95 Å². The van der Waals surface area contributed by atoms with Crippen molar-refractivity contribution in [1.82, 2.24) is 9.97 Å². The number of primary amides is 1. The van der Waals surface area contributed by atoms with Gasteiger partial charge >= 0.3 is 6.09 Å². The molecular formula is C23H25ClN6O3. The lowest BCUT2D eigenvalue weighted by Crippen LogP contribution is -2.29. The minimum atomic E-state index is -0.897. The van der Waals surface area contributed by atoms with Gasteiger partial charge in [-0.15, -0.1) is 0 Å². The Kier molecular flexibility index (Phi) is 6.99. The molecule has 2 heterocycles. The molecule has 3 aromatic rings. The molecule has 2 aromatic carbocycles. The number of amides is 1. The van der Waals surface area contributed by atoms with Gasteiger partial charge in [0.05, 0.1) is 19.0 Å². The monoisotopic (exact) mass is 468 g/mol. The van der Waals surface area contributed by atoms with E-state index in [4.69, 9.17) is 26.8 Å². The van der Waals surface area contributed by atoms with Crippen LogP contribution in [-0.4, -0.2) is 36.3 Å². The number of carbonyl (C=O) groups is 1. The highest BCUT2D eigenvalue weighted by Crippen LogP contribution is 2.34. The Morgan fingerprint density at radius 1 is 1.12 bits per heavy atom. The predicted molar refractivity (Wildman–Crippen MR) is 129 cm³/mol. The summed E-state index contributed by atoms with van der Waals surface area (Å²) in [5.74, 6) is 1.67. The second kappa shape index (κ2) is 10.3. The lowest BCUT2D eigenvalue weighted by Gasteiger charge is -2.29. The molecule has 172 valence electrons. The van der Waals surface area contributed by atoms with Gasteiger partial charge in [0.25, 0.3) is 0 Å². The molecule has 0 spiro atoms. The summed E-state index contributed by atoms with van der Waals surface area (Å²) in [6, 6.07) is 13.0. The van der Waals surface area contributed by atoms with Crippen LogP contribution in [0.2, 0.25) is 5.02 Å². The van der Waals surface area contributed by atoms with Crippen molar-refractivity contribution in [3.05, 3.63) is 53.7 Å². The molecule has 4 N–H and O–H groups in total. The fourth-order valence-electron chi connectivity index (χ4n) is 3.63. The topological polar surface area (TPSA) is 115 Å². The minimum absolute atomic E-state index is 0.268. The zero-order valence-electron chi connectivity index (χ0n) is 18.2. The SMILES string of the molecule is COc1cccc(Nc2nc(Nc3ccc(N4CCCCC4)cc3OC(N)=O)ncc2Cl)c1. The summed E-state index contributed by atoms with van der Waals surface area (Å²) in [6.07, 6.45) is 4.07. The number of nitrogens with zero attached hydrogens (tertiary/aromatic N) is 3. The highest BCUT2D eigenvalue weighted by molar-refractivity contribution is 6.32. The van der Waals surface area contributed by atoms with Crippen molar-refractivity contribution in [2.75, 3.05) is 35.7 Å². The Hall–Kier alpha value is -3.72. The van der Waals surface area contributed by atoms with Crippen molar-refractivity contribution in [2.24, 2.45) is 5.73 Å². The first kappa shape index (κ1) is 22.5. The first-order valence-electron chi connectivity index (χ1n) is 10.6. The fraction of sp³-hybridized carbons (Fsp3) is 0.261. The van der Waals surface area contributed by atoms with Gasteiger partial charge in [0.15, 0.2) is 11.6 Å². The molecule has 33 heavy (non-hydrogen) atoms. The summed E-state index contributed by atoms with van der Waals surface area (Å²) in [7, 11) is 1.60. The molecule has 1 aromatic heterocycles. The summed E-state index contributed by atoms with van der Waals surface area (Å²) in [5.41, 5.74) is 7.52. The third-order valence-corrected chi connectivity index (χ3v) is 5.50. The number of piperidine rings is 1. The van der Waals surface area contributed by atoms with Crippen LogP contribution in [-0.2, 0) is 0 Å². The number of carbonyl (C=O) groups excluding carboxylic acids is 1. The highest BCUT2D eigenvalue weighted by atomic mass is 35.5. The molecule has 1 fully saturated rings. The van der Waals surface area contributed by atoms with Gasteiger partial charge in [0.1, 0.15) is 10.8 Å². The molecule has 1 aliphatic heterocycles. The van der Waals surface area contributed by atoms with E-state index >= 15 is 0 Å². The summed E-state index contributed by atoms with van der Waals surface area (Å²) in [4.78, 5) is 22.5. The Morgan fingerprint density at radius 2 is 1.94 bits per heavy atom. The van der Waals surface area contributed by atoms with Crippen LogP contribution in [0, 0.1) is 0 Å². The van der Waals surface area contributed by atoms with Crippen molar-refractivity contribution in [1.29, 1.82) is 0 Å². The van der Waals surface area contributed by atoms with E-state index in [0.29, 0.717) is 28.0 Å². The molecule has 0 unspecified atom stereocenters. The van der Waals surface area contributed by atoms with Crippen molar-refractivity contribution in [3.63, 3.8) is 0 Å². The quantitative estimate of drug-likeness (QED) is 0.440. The molecule has 0 saturated carbocycles. The van der Waals surface area contributed by atoms with Crippen molar-refractivity contribution in [3.8, 4) is 11.5 Å². The lowest BCUT2D eigenvalue weighted by molar-refractivity contribution is 0.211. The van der Waals surface area contributed by atoms with Gasteiger partial charge in [-0.2, -0.15) is 4.98 Å². The van der Waals surface area contributed by atoms with Crippen LogP contribution in [0.5, 0.6) is 11.5 Å². The van der Waals surface area contributed by atoms with Crippen LogP contribution >= 0.6 is 11.6 Å². The number of methoxy groups -OCH3 is 1. The number of nitrogens with one attached hydrogen (secondary N) is 2. The number of rotatable bonds is 7. The van der Waals surface area contributed by atoms with Crippen LogP contribution in [0.15, 0.2) is 48.7 Å². The van der Waals surface area contributed by atoms with Gasteiger partial charge in [-0.1, -0.05) is 17.7 Å². The van der Waals surface area contributed by atoms with Crippen LogP contribution in [0.1, 0.15) is 19.3 Å². The van der Waals surface area contributed by atoms with E-state index in [1.807, 2.05) is 36.4 Å². The largest absolute Gasteiger partial charge is 0.497 e. The standard InChI is InChI=1S/C23H25ClN6O3/c1-32-17-7-5-6-15(12-17)27-21-18(24)14-26-23(29-21)28-19-9-8-16(13-20(19)33-22(25)31)30-10-3-2-4-11-30/h5-9,12-14H,2-4,10-11H2,1H3,(H2,25,31)(H2,26,27,28,29). The molecule has 1 aliphatic rings. The lowest BCUT2D eigenvalue weighted by atomic mass is 10.1. The number of nitrogens with two attached hydrogens (primary N) is 1. The zero-order chi connectivity index (χ0) is 23.2. The van der Waals surface area contributed by atoms with Crippen molar-refractivity contribution >= 4 is 46.5 Å². The van der Waals surface area contributed by atoms with Crippen LogP contribution in [0.4, 0.5) is 33.6 Å². The third-order valence-electron chi connectivity index (χ3n) is 5.22. The average Bonchev–Trinajstić information content (AvgIpc) is 2.82. The summed E-state index contributed by atoms with van der Waals surface area (Å²) in [6.45, 7) is 1.92. The van der Waals surface area contributed by atoms with Gasteiger partial charge < -0.3 is 30.7 Å². The molecule has 0 bridgehead atoms. The van der Waals surface area contributed by atoms with Crippen LogP contribution in [0.3, 0.4) is 0 Å². The Morgan fingerprint density at radius 3 is 2.70 bits per heavy atom. The summed E-state index contributed by atoms with van der Waals surface area (Å²) >= 11 is 6.29. The maximum absolute atomic E-state index is 11.5. The molecule has 10 heteroatoms. The van der Waals surface area contributed by atoms with E-state index in [1.54, 1.807) is 13.2 Å². The number of aromatic nitrogens is 2. The first-order chi connectivity index (χ1) is 16.0. The van der Waals surface area contributed by atoms with Gasteiger partial charge in [-0.25, -0.2) is 9.78 Å². The Balaban J connectivity index is 1.58. The molecule has 9 nitrogen and oxygen atoms in total. The minimum Gasteiger partial charge on any atom is -0.497 e. The van der Waals surface area contributed by atoms with E-state index in [1.165, 1.54) is 12.6 Å². The molecule has 0 atom stereocenters. The van der Waals surface area contributed by atoms with Crippen molar-refractivity contribution < 1.29 is 14.3 Å². The number of hydrogen-bond donors (Lipinski definition) is 3. The molecule has 0 aliphatic carbocycles. The van der Waals surface area contributed by atoms with Gasteiger partial charge in [0, 0.05) is 36.6 Å². The van der Waals surface area contributed by atoms with Gasteiger partial charge in [-0.3, -0.25) is 0 Å². The van der Waals surface area contributed by atoms with Crippen molar-refractivity contribution in [2.45, 2.75) is 19.3 Å². The normalized spacial score (nSPS) is 13.3. The van der Waals surface area contributed by atoms with E-state index < -0.39 is 6.09 Å². The van der Waals surface area contributed by atoms with E-state index in [0.717, 1.165) is 37.3 Å². The highest BCUT2D eigenvalue weighted by Gasteiger charge is 2.16. The second-order valence-corrected chi connectivity index (χ2v) is 7.93. The van der Waals surface area contributed by atoms with Gasteiger partial charge in [-0.05, 0) is 43.5 Å². The number of hydrogen-bond acceptors (Lipinski definition) is 8. The maximum atomic E-state index is 11.5. The summed E-state index contributed by atoms with van der Waals surface area (Å²) < 4.78 is 10.5. The fourth-order valence-corrected chi connectivity index (χ4v) is 3.77. The molecule has 4 rings (SSSR count). The molecule has 1 saturated heterocycles. The smallest absolute Gasteiger partial charge is 0.410 e. The number of halogens is 1. The number of anilines is 5. The van der Waals surface area contributed by atoms with Crippen LogP contribution in [0.25, 0.3) is 0 Å². The maximum Gasteiger partial charge on any atom is 0.410 e. The van der Waals surface area contributed by atoms with E-state index in [-0.39, 0.29) is 5.95 Å². The van der Waals surface area contributed by atoms with Crippen LogP contribution < -0.4 is 30.7 Å². The summed E-state index contributed by atoms with van der Waals surface area (Å²) in [5, 5.41) is 6.59. The number of ether oxygens (including phenoxy) is 2. The third kappa shape index (κ3) is 5.75. The first-order valence-corrected chi connectivity index (χ1v) is 11.0. The molecule has 1 amide bonds. The molecule has 0 radical (unpaired) electrons. The Bertz CT molecular complexity index is 1140. The molecular weight excluding hydrogens is 444 g/mol. The second-order valence-electron chi connectivity index (χ2n) is 7.52. The van der Waals surface area contributed by atoms with E-state index in [9.17, 15) is 4.79 Å². The Labute approximate surface area is 196 Å². The predicted octanol–water partition coefficient (Wildman–Crippen LogP) is 5.07. The average molecular weight is 469 g/mol. The number of benzene rings is 2. The van der Waals surface area contributed by atoms with E-state index in [2.05, 4.69) is 25.5 Å².